The van der Waals surface area contributed by atoms with Crippen molar-refractivity contribution in [1.82, 2.24) is 5.01 Å². The molecule has 0 bridgehead atoms. The van der Waals surface area contributed by atoms with Crippen LogP contribution in [-0.2, 0) is 9.59 Å². The van der Waals surface area contributed by atoms with Crippen LogP contribution in [0.4, 0.5) is 0 Å². The van der Waals surface area contributed by atoms with Crippen LogP contribution in [0.25, 0.3) is 6.08 Å². The fourth-order valence-electron chi connectivity index (χ4n) is 1.04. The van der Waals surface area contributed by atoms with Crippen molar-refractivity contribution >= 4 is 18.3 Å². The lowest BCUT2D eigenvalue weighted by Crippen LogP contribution is -2.34. The van der Waals surface area contributed by atoms with E-state index in [0.717, 1.165) is 10.6 Å². The van der Waals surface area contributed by atoms with Gasteiger partial charge in [0.15, 0.2) is 0 Å². The maximum absolute atomic E-state index is 11.3. The number of carbonyl (C=O) groups is 1. The molecule has 0 saturated carbocycles. The normalized spacial score (nSPS) is 10.9. The zero-order valence-electron chi connectivity index (χ0n) is 8.31. The average Bonchev–Trinajstić information content (AvgIpc) is 2.26. The predicted octanol–water partition coefficient (Wildman–Crippen LogP) is 0.512. The number of rotatable bonds is 3. The molecule has 15 heavy (non-hydrogen) atoms. The summed E-state index contributed by atoms with van der Waals surface area (Å²) in [5, 5.41) is 0.847. The standard InChI is InChI=1S/C11H11N2O2/c1-13(12)11(15)10(8-14)7-9-5-3-2-4-6-9/h2-7H,12H2,1H3. The van der Waals surface area contributed by atoms with Gasteiger partial charge in [0.25, 0.3) is 5.91 Å². The molecule has 1 radical (unpaired) electrons. The highest BCUT2D eigenvalue weighted by Gasteiger charge is 2.11. The van der Waals surface area contributed by atoms with E-state index < -0.39 is 5.91 Å². The first-order valence-electron chi connectivity index (χ1n) is 4.33. The quantitative estimate of drug-likeness (QED) is 0.194. The lowest BCUT2D eigenvalue weighted by atomic mass is 10.1. The Morgan fingerprint density at radius 3 is 2.47 bits per heavy atom. The molecule has 0 aromatic heterocycles. The molecule has 1 aromatic carbocycles. The van der Waals surface area contributed by atoms with Gasteiger partial charge in [0.05, 0.1) is 5.57 Å². The Balaban J connectivity index is 2.98. The highest BCUT2D eigenvalue weighted by atomic mass is 16.2. The van der Waals surface area contributed by atoms with Gasteiger partial charge in [-0.2, -0.15) is 0 Å². The molecular weight excluding hydrogens is 192 g/mol. The number of nitrogens with two attached hydrogens (primary N) is 1. The Morgan fingerprint density at radius 1 is 1.40 bits per heavy atom. The Bertz CT molecular complexity index is 383. The van der Waals surface area contributed by atoms with Crippen LogP contribution in [-0.4, -0.2) is 24.2 Å². The Kier molecular flexibility index (Phi) is 3.76. The van der Waals surface area contributed by atoms with E-state index in [2.05, 4.69) is 0 Å². The van der Waals surface area contributed by atoms with Gasteiger partial charge in [-0.25, -0.2) is 5.84 Å². The third-order valence-corrected chi connectivity index (χ3v) is 1.77. The van der Waals surface area contributed by atoms with Crippen LogP contribution in [0, 0.1) is 0 Å². The van der Waals surface area contributed by atoms with Gasteiger partial charge >= 0.3 is 0 Å². The highest BCUT2D eigenvalue weighted by molar-refractivity contribution is 6.14. The molecule has 0 spiro atoms. The van der Waals surface area contributed by atoms with Crippen LogP contribution >= 0.6 is 0 Å². The van der Waals surface area contributed by atoms with Gasteiger partial charge in [0.1, 0.15) is 0 Å². The average molecular weight is 203 g/mol. The molecule has 0 unspecified atom stereocenters. The zero-order chi connectivity index (χ0) is 11.3. The molecule has 77 valence electrons. The minimum atomic E-state index is -0.561. The van der Waals surface area contributed by atoms with Crippen LogP contribution < -0.4 is 5.84 Å². The smallest absolute Gasteiger partial charge is 0.271 e. The number of hydrogen-bond donors (Lipinski definition) is 1. The molecule has 4 heteroatoms. The predicted molar refractivity (Wildman–Crippen MR) is 57.1 cm³/mol. The summed E-state index contributed by atoms with van der Waals surface area (Å²) in [6, 6.07) is 9.02. The van der Waals surface area contributed by atoms with Crippen LogP contribution in [0.15, 0.2) is 35.9 Å². The number of amides is 1. The highest BCUT2D eigenvalue weighted by Crippen LogP contribution is 2.06. The maximum Gasteiger partial charge on any atom is 0.271 e. The molecule has 4 nitrogen and oxygen atoms in total. The summed E-state index contributed by atoms with van der Waals surface area (Å²) >= 11 is 0. The molecule has 0 aliphatic heterocycles. The molecule has 0 heterocycles. The van der Waals surface area contributed by atoms with Crippen molar-refractivity contribution in [3.05, 3.63) is 41.5 Å². The van der Waals surface area contributed by atoms with Crippen molar-refractivity contribution in [2.45, 2.75) is 0 Å². The van der Waals surface area contributed by atoms with E-state index in [-0.39, 0.29) is 5.57 Å². The number of hydrogen-bond acceptors (Lipinski definition) is 3. The summed E-state index contributed by atoms with van der Waals surface area (Å²) in [6.07, 6.45) is 3.01. The van der Waals surface area contributed by atoms with E-state index in [4.69, 9.17) is 5.84 Å². The Labute approximate surface area is 88.0 Å². The molecule has 0 saturated heterocycles. The molecule has 1 aromatic rings. The third kappa shape index (κ3) is 3.03. The fourth-order valence-corrected chi connectivity index (χ4v) is 1.04. The van der Waals surface area contributed by atoms with Gasteiger partial charge in [-0.1, -0.05) is 30.3 Å². The molecule has 1 rings (SSSR count). The topological polar surface area (TPSA) is 63.4 Å². The monoisotopic (exact) mass is 203 g/mol. The first kappa shape index (κ1) is 11.1. The molecule has 1 amide bonds. The van der Waals surface area contributed by atoms with E-state index in [1.807, 2.05) is 18.2 Å². The lowest BCUT2D eigenvalue weighted by molar-refractivity contribution is -0.125. The van der Waals surface area contributed by atoms with Crippen LogP contribution in [0.3, 0.4) is 0 Å². The Morgan fingerprint density at radius 2 is 2.00 bits per heavy atom. The van der Waals surface area contributed by atoms with E-state index in [1.54, 1.807) is 18.4 Å². The SMILES string of the molecule is CN(N)C(=O)C([C]=O)=Cc1ccccc1. The van der Waals surface area contributed by atoms with Crippen molar-refractivity contribution < 1.29 is 9.59 Å². The second-order valence-corrected chi connectivity index (χ2v) is 2.99. The minimum absolute atomic E-state index is 0.0915. The molecule has 2 N–H and O–H groups in total. The molecule has 0 fully saturated rings. The summed E-state index contributed by atoms with van der Waals surface area (Å²) in [5.41, 5.74) is 0.664. The van der Waals surface area contributed by atoms with Gasteiger partial charge in [0, 0.05) is 7.05 Å². The van der Waals surface area contributed by atoms with Crippen molar-refractivity contribution in [3.63, 3.8) is 0 Å². The van der Waals surface area contributed by atoms with Crippen LogP contribution in [0.1, 0.15) is 5.56 Å². The largest absolute Gasteiger partial charge is 0.285 e. The van der Waals surface area contributed by atoms with E-state index in [0.29, 0.717) is 0 Å². The number of hydrazine groups is 1. The van der Waals surface area contributed by atoms with Crippen molar-refractivity contribution in [2.75, 3.05) is 7.05 Å². The summed E-state index contributed by atoms with van der Waals surface area (Å²) in [7, 11) is 1.37. The molecular formula is C11H11N2O2. The van der Waals surface area contributed by atoms with Crippen LogP contribution in [0.5, 0.6) is 0 Å². The van der Waals surface area contributed by atoms with E-state index in [1.165, 1.54) is 13.1 Å². The zero-order valence-corrected chi connectivity index (χ0v) is 8.31. The number of carbonyl (C=O) groups excluding carboxylic acids is 2. The van der Waals surface area contributed by atoms with E-state index >= 15 is 0 Å². The Hall–Kier alpha value is -1.94. The van der Waals surface area contributed by atoms with Gasteiger partial charge in [0.2, 0.25) is 6.29 Å². The minimum Gasteiger partial charge on any atom is -0.285 e. The summed E-state index contributed by atoms with van der Waals surface area (Å²) in [6.45, 7) is 0. The van der Waals surface area contributed by atoms with Gasteiger partial charge in [-0.15, -0.1) is 0 Å². The van der Waals surface area contributed by atoms with E-state index in [9.17, 15) is 9.59 Å². The summed E-state index contributed by atoms with van der Waals surface area (Å²) < 4.78 is 0. The second-order valence-electron chi connectivity index (χ2n) is 2.99. The first-order chi connectivity index (χ1) is 7.15. The summed E-state index contributed by atoms with van der Waals surface area (Å²) in [5.74, 6) is 4.67. The third-order valence-electron chi connectivity index (χ3n) is 1.77. The number of likely N-dealkylation sites (N-methyl/N-ethyl adjacent to an activating group) is 1. The van der Waals surface area contributed by atoms with Crippen molar-refractivity contribution in [2.24, 2.45) is 5.84 Å². The first-order valence-corrected chi connectivity index (χ1v) is 4.33. The van der Waals surface area contributed by atoms with Crippen molar-refractivity contribution in [1.29, 1.82) is 0 Å². The summed E-state index contributed by atoms with van der Waals surface area (Å²) in [4.78, 5) is 21.9. The van der Waals surface area contributed by atoms with Crippen LogP contribution in [0.2, 0.25) is 0 Å². The number of benzene rings is 1. The fraction of sp³-hybridized carbons (Fsp3) is 0.0909. The number of nitrogens with zero attached hydrogens (tertiary/aromatic N) is 1. The molecule has 0 aliphatic rings. The molecule has 0 aliphatic carbocycles. The second kappa shape index (κ2) is 5.07. The molecule has 0 atom stereocenters. The van der Waals surface area contributed by atoms with Crippen molar-refractivity contribution in [3.8, 4) is 0 Å². The van der Waals surface area contributed by atoms with Gasteiger partial charge in [-0.05, 0) is 11.6 Å². The lowest BCUT2D eigenvalue weighted by Gasteiger charge is -2.08. The van der Waals surface area contributed by atoms with Gasteiger partial charge < -0.3 is 0 Å². The van der Waals surface area contributed by atoms with Gasteiger partial charge in [-0.3, -0.25) is 14.6 Å². The maximum atomic E-state index is 11.3.